The van der Waals surface area contributed by atoms with Gasteiger partial charge in [0.05, 0.1) is 10.9 Å². The topological polar surface area (TPSA) is 49.4 Å². The minimum absolute atomic E-state index is 0.0270. The van der Waals surface area contributed by atoms with Crippen molar-refractivity contribution in [1.29, 1.82) is 0 Å². The molecule has 2 amide bonds. The third-order valence-corrected chi connectivity index (χ3v) is 5.05. The first-order valence-electron chi connectivity index (χ1n) is 6.33. The second-order valence-corrected chi connectivity index (χ2v) is 7.19. The normalized spacial score (nSPS) is 27.6. The van der Waals surface area contributed by atoms with Crippen LogP contribution in [0.2, 0.25) is 4.34 Å². The van der Waals surface area contributed by atoms with Gasteiger partial charge in [-0.3, -0.25) is 9.59 Å². The molecule has 1 saturated carbocycles. The molecule has 0 spiro atoms. The van der Waals surface area contributed by atoms with Crippen molar-refractivity contribution in [3.05, 3.63) is 21.3 Å². The summed E-state index contributed by atoms with van der Waals surface area (Å²) in [6.07, 6.45) is 2.03. The van der Waals surface area contributed by atoms with E-state index in [0.717, 1.165) is 17.7 Å². The van der Waals surface area contributed by atoms with Gasteiger partial charge in [0.15, 0.2) is 0 Å². The molecule has 1 N–H and O–H groups in total. The van der Waals surface area contributed by atoms with Gasteiger partial charge in [-0.15, -0.1) is 11.3 Å². The van der Waals surface area contributed by atoms with E-state index in [9.17, 15) is 9.59 Å². The minimum atomic E-state index is -0.712. The maximum atomic E-state index is 12.6. The predicted molar refractivity (Wildman–Crippen MR) is 74.0 cm³/mol. The van der Waals surface area contributed by atoms with Crippen molar-refractivity contribution >= 4 is 34.8 Å². The van der Waals surface area contributed by atoms with Gasteiger partial charge in [0.2, 0.25) is 11.8 Å². The molecule has 4 nitrogen and oxygen atoms in total. The van der Waals surface area contributed by atoms with Crippen molar-refractivity contribution in [3.8, 4) is 0 Å². The molecule has 19 heavy (non-hydrogen) atoms. The van der Waals surface area contributed by atoms with Crippen LogP contribution in [0.5, 0.6) is 0 Å². The van der Waals surface area contributed by atoms with Crippen molar-refractivity contribution in [2.75, 3.05) is 6.54 Å². The number of nitrogens with one attached hydrogen (secondary N) is 1. The highest BCUT2D eigenvalue weighted by Gasteiger charge is 2.52. The van der Waals surface area contributed by atoms with Gasteiger partial charge in [0, 0.05) is 4.88 Å². The van der Waals surface area contributed by atoms with Crippen LogP contribution in [0.15, 0.2) is 12.1 Å². The number of carbonyl (C=O) groups is 2. The molecule has 1 aromatic rings. The first-order valence-corrected chi connectivity index (χ1v) is 7.53. The third kappa shape index (κ3) is 2.37. The highest BCUT2D eigenvalue weighted by atomic mass is 35.5. The Kier molecular flexibility index (Phi) is 3.06. The van der Waals surface area contributed by atoms with Gasteiger partial charge in [0.1, 0.15) is 12.1 Å². The summed E-state index contributed by atoms with van der Waals surface area (Å²) in [4.78, 5) is 27.0. The largest absolute Gasteiger partial charge is 0.340 e. The molecule has 1 atom stereocenters. The van der Waals surface area contributed by atoms with Crippen molar-refractivity contribution in [1.82, 2.24) is 10.2 Å². The Hall–Kier alpha value is -1.07. The monoisotopic (exact) mass is 298 g/mol. The Labute approximate surface area is 120 Å². The van der Waals surface area contributed by atoms with Gasteiger partial charge in [0.25, 0.3) is 0 Å². The number of amides is 2. The molecule has 102 valence electrons. The number of rotatable bonds is 3. The van der Waals surface area contributed by atoms with E-state index in [1.54, 1.807) is 4.90 Å². The molecular formula is C13H15ClN2O2S. The molecule has 1 aromatic heterocycles. The average molecular weight is 299 g/mol. The fourth-order valence-electron chi connectivity index (χ4n) is 2.65. The van der Waals surface area contributed by atoms with Gasteiger partial charge in [-0.05, 0) is 37.8 Å². The van der Waals surface area contributed by atoms with Gasteiger partial charge < -0.3 is 10.2 Å². The number of halogens is 1. The van der Waals surface area contributed by atoms with E-state index in [2.05, 4.69) is 5.32 Å². The van der Waals surface area contributed by atoms with E-state index in [4.69, 9.17) is 11.6 Å². The molecule has 6 heteroatoms. The molecular weight excluding hydrogens is 284 g/mol. The van der Waals surface area contributed by atoms with Crippen LogP contribution in [0.4, 0.5) is 0 Å². The van der Waals surface area contributed by atoms with Gasteiger partial charge in [-0.1, -0.05) is 11.6 Å². The zero-order valence-electron chi connectivity index (χ0n) is 10.6. The number of hydrogen-bond donors (Lipinski definition) is 1. The number of hydrogen-bond acceptors (Lipinski definition) is 3. The number of piperazine rings is 1. The molecule has 0 aromatic carbocycles. The van der Waals surface area contributed by atoms with Gasteiger partial charge in [-0.2, -0.15) is 0 Å². The fraction of sp³-hybridized carbons (Fsp3) is 0.538. The first-order chi connectivity index (χ1) is 8.99. The zero-order valence-corrected chi connectivity index (χ0v) is 12.2. The van der Waals surface area contributed by atoms with Crippen molar-refractivity contribution in [2.24, 2.45) is 5.92 Å². The lowest BCUT2D eigenvalue weighted by molar-refractivity contribution is -0.150. The van der Waals surface area contributed by atoms with Crippen LogP contribution in [0.3, 0.4) is 0 Å². The molecule has 1 aliphatic carbocycles. The molecule has 2 fully saturated rings. The number of carbonyl (C=O) groups excluding carboxylic acids is 2. The lowest BCUT2D eigenvalue weighted by Crippen LogP contribution is -2.66. The van der Waals surface area contributed by atoms with Crippen molar-refractivity contribution < 1.29 is 9.59 Å². The summed E-state index contributed by atoms with van der Waals surface area (Å²) < 4.78 is 0.703. The van der Waals surface area contributed by atoms with Crippen molar-refractivity contribution in [2.45, 2.75) is 31.8 Å². The molecule has 2 aliphatic rings. The molecule has 2 heterocycles. The molecule has 0 radical (unpaired) electrons. The van der Waals surface area contributed by atoms with Crippen LogP contribution in [-0.2, 0) is 16.1 Å². The molecule has 1 aliphatic heterocycles. The average Bonchev–Trinajstić information content (AvgIpc) is 3.11. The van der Waals surface area contributed by atoms with Crippen LogP contribution < -0.4 is 5.32 Å². The molecule has 0 bridgehead atoms. The fourth-order valence-corrected chi connectivity index (χ4v) is 3.75. The Balaban J connectivity index is 1.80. The second-order valence-electron chi connectivity index (χ2n) is 5.39. The summed E-state index contributed by atoms with van der Waals surface area (Å²) in [5, 5.41) is 2.87. The SMILES string of the molecule is CC1(C2CC2)NC(=O)CN(Cc2ccc(Cl)s2)C1=O. The zero-order chi connectivity index (χ0) is 13.6. The summed E-state index contributed by atoms with van der Waals surface area (Å²) in [7, 11) is 0. The maximum absolute atomic E-state index is 12.6. The minimum Gasteiger partial charge on any atom is -0.340 e. The lowest BCUT2D eigenvalue weighted by Gasteiger charge is -2.40. The third-order valence-electron chi connectivity index (χ3n) is 3.83. The summed E-state index contributed by atoms with van der Waals surface area (Å²) in [6, 6.07) is 3.72. The number of nitrogens with zero attached hydrogens (tertiary/aromatic N) is 1. The number of thiophene rings is 1. The van der Waals surface area contributed by atoms with Gasteiger partial charge >= 0.3 is 0 Å². The standard InChI is InChI=1S/C13H15ClN2O2S/c1-13(8-2-3-8)12(18)16(7-11(17)15-13)6-9-4-5-10(14)19-9/h4-5,8H,2-3,6-7H2,1H3,(H,15,17). The maximum Gasteiger partial charge on any atom is 0.249 e. The van der Waals surface area contributed by atoms with Crippen LogP contribution in [0.1, 0.15) is 24.6 Å². The molecule has 1 saturated heterocycles. The second kappa shape index (κ2) is 4.49. The summed E-state index contributed by atoms with van der Waals surface area (Å²) in [6.45, 7) is 2.45. The first kappa shape index (κ1) is 12.9. The van der Waals surface area contributed by atoms with Crippen LogP contribution in [0.25, 0.3) is 0 Å². The van der Waals surface area contributed by atoms with E-state index in [-0.39, 0.29) is 18.4 Å². The van der Waals surface area contributed by atoms with Crippen LogP contribution in [-0.4, -0.2) is 28.8 Å². The summed E-state index contributed by atoms with van der Waals surface area (Å²) >= 11 is 7.34. The highest BCUT2D eigenvalue weighted by molar-refractivity contribution is 7.16. The quantitative estimate of drug-likeness (QED) is 0.928. The van der Waals surface area contributed by atoms with Gasteiger partial charge in [-0.25, -0.2) is 0 Å². The molecule has 1 unspecified atom stereocenters. The Morgan fingerprint density at radius 3 is 2.79 bits per heavy atom. The van der Waals surface area contributed by atoms with Crippen LogP contribution in [0, 0.1) is 5.92 Å². The Bertz CT molecular complexity index is 541. The summed E-state index contributed by atoms with van der Waals surface area (Å²) in [5.41, 5.74) is -0.712. The van der Waals surface area contributed by atoms with E-state index >= 15 is 0 Å². The Morgan fingerprint density at radius 1 is 1.47 bits per heavy atom. The van der Waals surface area contributed by atoms with Crippen LogP contribution >= 0.6 is 22.9 Å². The van der Waals surface area contributed by atoms with Crippen molar-refractivity contribution in [3.63, 3.8) is 0 Å². The summed E-state index contributed by atoms with van der Waals surface area (Å²) in [5.74, 6) is 0.245. The predicted octanol–water partition coefficient (Wildman–Crippen LogP) is 2.03. The van der Waals surface area contributed by atoms with E-state index in [1.807, 2.05) is 19.1 Å². The van der Waals surface area contributed by atoms with E-state index in [0.29, 0.717) is 16.8 Å². The van der Waals surface area contributed by atoms with E-state index in [1.165, 1.54) is 11.3 Å². The Morgan fingerprint density at radius 2 is 2.21 bits per heavy atom. The van der Waals surface area contributed by atoms with E-state index < -0.39 is 5.54 Å². The highest BCUT2D eigenvalue weighted by Crippen LogP contribution is 2.41. The molecule has 3 rings (SSSR count). The lowest BCUT2D eigenvalue weighted by atomic mass is 9.91. The smallest absolute Gasteiger partial charge is 0.249 e.